The first-order valence-corrected chi connectivity index (χ1v) is 8.46. The molecule has 0 aromatic carbocycles. The predicted octanol–water partition coefficient (Wildman–Crippen LogP) is 1.01. The fraction of sp³-hybridized carbons (Fsp3) is 0.389. The van der Waals surface area contributed by atoms with Gasteiger partial charge in [0, 0.05) is 42.3 Å². The third-order valence-electron chi connectivity index (χ3n) is 4.61. The Morgan fingerprint density at radius 3 is 2.88 bits per heavy atom. The van der Waals surface area contributed by atoms with E-state index < -0.39 is 11.9 Å². The summed E-state index contributed by atoms with van der Waals surface area (Å²) < 4.78 is 0. The Hall–Kier alpha value is -3.03. The lowest BCUT2D eigenvalue weighted by Crippen LogP contribution is -2.43. The SMILES string of the molecule is Cc1nc(-c2cccnc2)[nH]c(=O)c1CC(=O)N1CCC[C@H](C(=O)O)C1. The van der Waals surface area contributed by atoms with Crippen molar-refractivity contribution in [3.05, 3.63) is 46.1 Å². The number of carbonyl (C=O) groups is 2. The number of likely N-dealkylation sites (tertiary alicyclic amines) is 1. The first kappa shape index (κ1) is 17.8. The van der Waals surface area contributed by atoms with E-state index in [9.17, 15) is 14.4 Å². The fourth-order valence-electron chi connectivity index (χ4n) is 3.13. The van der Waals surface area contributed by atoms with Crippen LogP contribution in [0.15, 0.2) is 29.3 Å². The van der Waals surface area contributed by atoms with Crippen molar-refractivity contribution in [3.8, 4) is 11.4 Å². The van der Waals surface area contributed by atoms with E-state index in [1.807, 2.05) is 0 Å². The van der Waals surface area contributed by atoms with Crippen molar-refractivity contribution < 1.29 is 14.7 Å². The Labute approximate surface area is 149 Å². The molecule has 3 heterocycles. The molecule has 0 radical (unpaired) electrons. The van der Waals surface area contributed by atoms with Gasteiger partial charge in [-0.1, -0.05) is 0 Å². The number of carbonyl (C=O) groups excluding carboxylic acids is 1. The summed E-state index contributed by atoms with van der Waals surface area (Å²) in [5, 5.41) is 9.15. The Kier molecular flexibility index (Phi) is 5.11. The molecule has 1 aliphatic rings. The topological polar surface area (TPSA) is 116 Å². The summed E-state index contributed by atoms with van der Waals surface area (Å²) in [6.07, 6.45) is 4.36. The molecule has 0 bridgehead atoms. The van der Waals surface area contributed by atoms with Gasteiger partial charge in [-0.05, 0) is 31.9 Å². The minimum atomic E-state index is -0.890. The second kappa shape index (κ2) is 7.47. The van der Waals surface area contributed by atoms with Gasteiger partial charge in [0.05, 0.1) is 12.3 Å². The highest BCUT2D eigenvalue weighted by Gasteiger charge is 2.28. The normalized spacial score (nSPS) is 17.1. The number of aromatic nitrogens is 3. The molecule has 0 saturated carbocycles. The van der Waals surface area contributed by atoms with E-state index in [-0.39, 0.29) is 24.4 Å². The highest BCUT2D eigenvalue weighted by atomic mass is 16.4. The van der Waals surface area contributed by atoms with Crippen LogP contribution in [0.4, 0.5) is 0 Å². The molecule has 1 saturated heterocycles. The third kappa shape index (κ3) is 3.79. The van der Waals surface area contributed by atoms with Gasteiger partial charge in [-0.15, -0.1) is 0 Å². The highest BCUT2D eigenvalue weighted by Crippen LogP contribution is 2.18. The lowest BCUT2D eigenvalue weighted by molar-refractivity contribution is -0.145. The van der Waals surface area contributed by atoms with Gasteiger partial charge in [-0.25, -0.2) is 4.98 Å². The molecule has 2 N–H and O–H groups in total. The fourth-order valence-corrected chi connectivity index (χ4v) is 3.13. The van der Waals surface area contributed by atoms with E-state index >= 15 is 0 Å². The minimum Gasteiger partial charge on any atom is -0.481 e. The molecule has 2 aromatic rings. The number of hydrogen-bond acceptors (Lipinski definition) is 5. The maximum Gasteiger partial charge on any atom is 0.308 e. The van der Waals surface area contributed by atoms with Crippen LogP contribution in [0.25, 0.3) is 11.4 Å². The van der Waals surface area contributed by atoms with Crippen LogP contribution >= 0.6 is 0 Å². The number of aliphatic carboxylic acids is 1. The van der Waals surface area contributed by atoms with Crippen LogP contribution in [0.3, 0.4) is 0 Å². The van der Waals surface area contributed by atoms with E-state index in [1.165, 1.54) is 4.90 Å². The number of amides is 1. The van der Waals surface area contributed by atoms with Gasteiger partial charge in [-0.3, -0.25) is 19.4 Å². The average Bonchev–Trinajstić information content (AvgIpc) is 2.65. The van der Waals surface area contributed by atoms with Gasteiger partial charge in [0.25, 0.3) is 5.56 Å². The molecule has 0 spiro atoms. The molecule has 8 heteroatoms. The first-order chi connectivity index (χ1) is 12.5. The Bertz CT molecular complexity index is 879. The molecule has 8 nitrogen and oxygen atoms in total. The van der Waals surface area contributed by atoms with E-state index in [2.05, 4.69) is 15.0 Å². The number of nitrogens with one attached hydrogen (secondary N) is 1. The maximum absolute atomic E-state index is 12.5. The number of aryl methyl sites for hydroxylation is 1. The summed E-state index contributed by atoms with van der Waals surface area (Å²) in [4.78, 5) is 48.7. The molecule has 136 valence electrons. The number of hydrogen-bond donors (Lipinski definition) is 2. The molecular weight excluding hydrogens is 336 g/mol. The molecule has 3 rings (SSSR count). The molecule has 0 unspecified atom stereocenters. The van der Waals surface area contributed by atoms with Crippen LogP contribution in [-0.4, -0.2) is 49.9 Å². The maximum atomic E-state index is 12.5. The van der Waals surface area contributed by atoms with Crippen molar-refractivity contribution in [2.24, 2.45) is 5.92 Å². The predicted molar refractivity (Wildman–Crippen MR) is 93.5 cm³/mol. The zero-order valence-corrected chi connectivity index (χ0v) is 14.4. The molecule has 1 atom stereocenters. The first-order valence-electron chi connectivity index (χ1n) is 8.46. The number of H-pyrrole nitrogens is 1. The second-order valence-corrected chi connectivity index (χ2v) is 6.41. The largest absolute Gasteiger partial charge is 0.481 e. The number of aromatic amines is 1. The highest BCUT2D eigenvalue weighted by molar-refractivity contribution is 5.80. The smallest absolute Gasteiger partial charge is 0.308 e. The second-order valence-electron chi connectivity index (χ2n) is 6.41. The molecular formula is C18H20N4O4. The van der Waals surface area contributed by atoms with Gasteiger partial charge in [0.1, 0.15) is 5.82 Å². The number of pyridine rings is 1. The van der Waals surface area contributed by atoms with E-state index in [4.69, 9.17) is 5.11 Å². The standard InChI is InChI=1S/C18H20N4O4/c1-11-14(8-15(23)22-7-3-5-13(10-22)18(25)26)17(24)21-16(20-11)12-4-2-6-19-9-12/h2,4,6,9,13H,3,5,7-8,10H2,1H3,(H,25,26)(H,20,21,24)/t13-/m0/s1. The van der Waals surface area contributed by atoms with Crippen LogP contribution in [0, 0.1) is 12.8 Å². The lowest BCUT2D eigenvalue weighted by atomic mass is 9.97. The summed E-state index contributed by atoms with van der Waals surface area (Å²) in [6.45, 7) is 2.39. The van der Waals surface area contributed by atoms with E-state index in [0.717, 1.165) is 0 Å². The van der Waals surface area contributed by atoms with Crippen LogP contribution in [0.5, 0.6) is 0 Å². The summed E-state index contributed by atoms with van der Waals surface area (Å²) in [7, 11) is 0. The zero-order valence-electron chi connectivity index (χ0n) is 14.4. The molecule has 26 heavy (non-hydrogen) atoms. The van der Waals surface area contributed by atoms with E-state index in [1.54, 1.807) is 31.5 Å². The Balaban J connectivity index is 1.79. The summed E-state index contributed by atoms with van der Waals surface area (Å²) >= 11 is 0. The van der Waals surface area contributed by atoms with Crippen molar-refractivity contribution in [1.82, 2.24) is 19.9 Å². The molecule has 1 fully saturated rings. The van der Waals surface area contributed by atoms with Crippen LogP contribution < -0.4 is 5.56 Å². The Morgan fingerprint density at radius 2 is 2.23 bits per heavy atom. The third-order valence-corrected chi connectivity index (χ3v) is 4.61. The van der Waals surface area contributed by atoms with Gasteiger partial charge in [0.2, 0.25) is 5.91 Å². The van der Waals surface area contributed by atoms with Gasteiger partial charge in [0.15, 0.2) is 0 Å². The number of nitrogens with zero attached hydrogens (tertiary/aromatic N) is 3. The monoisotopic (exact) mass is 356 g/mol. The Morgan fingerprint density at radius 1 is 1.42 bits per heavy atom. The van der Waals surface area contributed by atoms with Crippen LogP contribution in [0.2, 0.25) is 0 Å². The van der Waals surface area contributed by atoms with Gasteiger partial charge < -0.3 is 15.0 Å². The zero-order chi connectivity index (χ0) is 18.7. The lowest BCUT2D eigenvalue weighted by Gasteiger charge is -2.30. The number of carboxylic acid groups (broad SMARTS) is 1. The van der Waals surface area contributed by atoms with Crippen LogP contribution in [0.1, 0.15) is 24.1 Å². The quantitative estimate of drug-likeness (QED) is 0.844. The number of carboxylic acids is 1. The molecule has 0 aliphatic carbocycles. The van der Waals surface area contributed by atoms with Gasteiger partial charge >= 0.3 is 5.97 Å². The molecule has 1 aliphatic heterocycles. The summed E-state index contributed by atoms with van der Waals surface area (Å²) in [6, 6.07) is 3.53. The van der Waals surface area contributed by atoms with Crippen LogP contribution in [-0.2, 0) is 16.0 Å². The molecule has 1 amide bonds. The average molecular weight is 356 g/mol. The van der Waals surface area contributed by atoms with Crippen molar-refractivity contribution >= 4 is 11.9 Å². The van der Waals surface area contributed by atoms with E-state index in [0.29, 0.717) is 42.0 Å². The van der Waals surface area contributed by atoms with Gasteiger partial charge in [-0.2, -0.15) is 0 Å². The molecule has 2 aromatic heterocycles. The van der Waals surface area contributed by atoms with Crippen molar-refractivity contribution in [1.29, 1.82) is 0 Å². The van der Waals surface area contributed by atoms with Crippen molar-refractivity contribution in [2.45, 2.75) is 26.2 Å². The summed E-state index contributed by atoms with van der Waals surface area (Å²) in [5.41, 5.74) is 1.11. The van der Waals surface area contributed by atoms with Crippen molar-refractivity contribution in [3.63, 3.8) is 0 Å². The summed E-state index contributed by atoms with van der Waals surface area (Å²) in [5.74, 6) is -1.28. The number of rotatable bonds is 4. The minimum absolute atomic E-state index is 0.0895. The van der Waals surface area contributed by atoms with Crippen molar-refractivity contribution in [2.75, 3.05) is 13.1 Å². The number of piperidine rings is 1.